The molecule has 0 fully saturated rings. The summed E-state index contributed by atoms with van der Waals surface area (Å²) in [5.41, 5.74) is 15.9. The molecule has 0 rings (SSSR count). The highest BCUT2D eigenvalue weighted by molar-refractivity contribution is 8.11. The Labute approximate surface area is 40.6 Å². The van der Waals surface area contributed by atoms with Crippen molar-refractivity contribution in [1.82, 2.24) is 0 Å². The van der Waals surface area contributed by atoms with Crippen LogP contribution < -0.4 is 11.0 Å². The Morgan fingerprint density at radius 3 is 1.83 bits per heavy atom. The van der Waals surface area contributed by atoms with E-state index >= 15 is 0 Å². The molecule has 0 aliphatic heterocycles. The summed E-state index contributed by atoms with van der Waals surface area (Å²) in [6, 6.07) is 0. The highest BCUT2D eigenvalue weighted by Gasteiger charge is 1.92. The van der Waals surface area contributed by atoms with Crippen molar-refractivity contribution in [2.24, 2.45) is 15.9 Å². The fraction of sp³-hybridized carbons (Fsp3) is 0. The van der Waals surface area contributed by atoms with Gasteiger partial charge in [-0.3, -0.25) is 11.0 Å². The summed E-state index contributed by atoms with van der Waals surface area (Å²) in [6.45, 7) is -2.52. The third-order valence-electron chi connectivity index (χ3n) is 0.156. The second kappa shape index (κ2) is 1.75. The van der Waals surface area contributed by atoms with E-state index in [0.717, 1.165) is 0 Å². The molecule has 36 valence electrons. The van der Waals surface area contributed by atoms with Gasteiger partial charge in [0.25, 0.3) is 0 Å². The van der Waals surface area contributed by atoms with Crippen LogP contribution in [0.25, 0.3) is 0 Å². The Bertz CT molecular complexity index is 89.7. The Morgan fingerprint density at radius 1 is 1.67 bits per heavy atom. The molecule has 0 saturated carbocycles. The van der Waals surface area contributed by atoms with Crippen molar-refractivity contribution in [3.63, 3.8) is 0 Å². The summed E-state index contributed by atoms with van der Waals surface area (Å²) >= 11 is 4.30. The van der Waals surface area contributed by atoms with E-state index in [1.807, 2.05) is 0 Å². The third-order valence-corrected chi connectivity index (χ3v) is 0.714. The van der Waals surface area contributed by atoms with Crippen molar-refractivity contribution in [2.45, 2.75) is 0 Å². The molecular formula is H5N4PS. The summed E-state index contributed by atoms with van der Waals surface area (Å²) in [5, 5.41) is 0. The third kappa shape index (κ3) is 4.17. The molecule has 0 aromatic carbocycles. The second-order valence-corrected chi connectivity index (χ2v) is 4.07. The normalized spacial score (nSPS) is 11.0. The first-order valence-corrected chi connectivity index (χ1v) is 4.02. The maximum atomic E-state index is 6.17. The lowest BCUT2D eigenvalue weighted by molar-refractivity contribution is 1.22. The minimum atomic E-state index is -2.52. The van der Waals surface area contributed by atoms with Gasteiger partial charge in [-0.2, -0.15) is 0 Å². The lowest BCUT2D eigenvalue weighted by atomic mass is 13.3. The molecule has 0 spiro atoms. The number of nitrogens with one attached hydrogen (secondary N) is 1. The van der Waals surface area contributed by atoms with Crippen LogP contribution in [0.2, 0.25) is 0 Å². The van der Waals surface area contributed by atoms with Gasteiger partial charge in [0, 0.05) is 0 Å². The lowest BCUT2D eigenvalue weighted by Crippen LogP contribution is -1.98. The van der Waals surface area contributed by atoms with Gasteiger partial charge in [0.15, 0.2) is 6.49 Å². The molecule has 4 nitrogen and oxygen atoms in total. The number of hydrogen-bond acceptors (Lipinski definition) is 2. The van der Waals surface area contributed by atoms with Crippen LogP contribution in [0.5, 0.6) is 0 Å². The molecule has 0 saturated heterocycles. The van der Waals surface area contributed by atoms with Crippen LogP contribution in [0.3, 0.4) is 0 Å². The highest BCUT2D eigenvalue weighted by atomic mass is 32.4. The van der Waals surface area contributed by atoms with Gasteiger partial charge in [-0.05, 0) is 11.8 Å². The molecule has 0 radical (unpaired) electrons. The predicted molar refractivity (Wildman–Crippen MR) is 27.8 cm³/mol. The molecule has 0 unspecified atom stereocenters. The van der Waals surface area contributed by atoms with E-state index in [9.17, 15) is 0 Å². The first-order valence-electron chi connectivity index (χ1n) is 1.12. The van der Waals surface area contributed by atoms with Crippen LogP contribution in [0.1, 0.15) is 0 Å². The Balaban J connectivity index is 3.81. The van der Waals surface area contributed by atoms with Crippen molar-refractivity contribution in [3.05, 3.63) is 0 Å². The van der Waals surface area contributed by atoms with Gasteiger partial charge in [-0.25, -0.2) is 5.53 Å². The number of nitrogens with two attached hydrogens (primary N) is 2. The van der Waals surface area contributed by atoms with Crippen LogP contribution in [0.15, 0.2) is 4.88 Å². The largest absolute Gasteiger partial charge is 0.273 e. The first kappa shape index (κ1) is 6.17. The number of nitrogens with zero attached hydrogens (tertiary/aromatic N) is 1. The molecule has 0 aliphatic carbocycles. The van der Waals surface area contributed by atoms with E-state index < -0.39 is 6.49 Å². The van der Waals surface area contributed by atoms with E-state index in [-0.39, 0.29) is 0 Å². The maximum Gasteiger partial charge on any atom is 0.197 e. The van der Waals surface area contributed by atoms with E-state index in [2.05, 4.69) is 16.7 Å². The van der Waals surface area contributed by atoms with E-state index in [0.29, 0.717) is 0 Å². The fourth-order valence-corrected chi connectivity index (χ4v) is 0. The van der Waals surface area contributed by atoms with Crippen molar-refractivity contribution in [1.29, 1.82) is 5.53 Å². The quantitative estimate of drug-likeness (QED) is 0.343. The summed E-state index contributed by atoms with van der Waals surface area (Å²) in [6.07, 6.45) is 0. The Kier molecular flexibility index (Phi) is 1.80. The van der Waals surface area contributed by atoms with E-state index in [1.165, 1.54) is 0 Å². The summed E-state index contributed by atoms with van der Waals surface area (Å²) < 4.78 is 0. The summed E-state index contributed by atoms with van der Waals surface area (Å²) in [5.74, 6) is 0. The first-order chi connectivity index (χ1) is 2.56. The summed E-state index contributed by atoms with van der Waals surface area (Å²) in [4.78, 5) is 2.75. The molecule has 0 aromatic heterocycles. The van der Waals surface area contributed by atoms with Crippen LogP contribution in [0, 0.1) is 5.53 Å². The van der Waals surface area contributed by atoms with Gasteiger partial charge in [-0.15, -0.1) is 4.88 Å². The molecule has 0 amide bonds. The molecular weight excluding hydrogens is 119 g/mol. The molecule has 0 aliphatic rings. The van der Waals surface area contributed by atoms with Gasteiger partial charge in [0.1, 0.15) is 0 Å². The molecule has 6 heteroatoms. The Morgan fingerprint density at radius 2 is 1.83 bits per heavy atom. The van der Waals surface area contributed by atoms with Gasteiger partial charge >= 0.3 is 0 Å². The van der Waals surface area contributed by atoms with Crippen LogP contribution in [0.4, 0.5) is 0 Å². The van der Waals surface area contributed by atoms with E-state index in [4.69, 9.17) is 16.5 Å². The molecule has 0 heterocycles. The topological polar surface area (TPSA) is 88.2 Å². The lowest BCUT2D eigenvalue weighted by Gasteiger charge is -1.93. The SMILES string of the molecule is N=NP(N)(N)=S. The van der Waals surface area contributed by atoms with Crippen molar-refractivity contribution in [3.8, 4) is 0 Å². The Hall–Kier alpha value is 0.170. The van der Waals surface area contributed by atoms with Crippen LogP contribution >= 0.6 is 6.49 Å². The van der Waals surface area contributed by atoms with Crippen molar-refractivity contribution in [2.75, 3.05) is 0 Å². The van der Waals surface area contributed by atoms with Crippen molar-refractivity contribution >= 4 is 18.3 Å². The molecule has 0 atom stereocenters. The van der Waals surface area contributed by atoms with Gasteiger partial charge < -0.3 is 0 Å². The van der Waals surface area contributed by atoms with E-state index in [1.54, 1.807) is 0 Å². The molecule has 5 N–H and O–H groups in total. The van der Waals surface area contributed by atoms with Gasteiger partial charge in [0.2, 0.25) is 0 Å². The fourth-order valence-electron chi connectivity index (χ4n) is 0. The standard InChI is InChI=1S/H5N4PS/c1-4-5(2,3)6/h1H,(H4,2,3,6). The van der Waals surface area contributed by atoms with Crippen LogP contribution in [-0.4, -0.2) is 0 Å². The van der Waals surface area contributed by atoms with Gasteiger partial charge in [-0.1, -0.05) is 0 Å². The van der Waals surface area contributed by atoms with Crippen molar-refractivity contribution < 1.29 is 0 Å². The zero-order chi connectivity index (χ0) is 5.21. The number of hydrogen-bond donors (Lipinski definition) is 3. The highest BCUT2D eigenvalue weighted by Crippen LogP contribution is 2.25. The van der Waals surface area contributed by atoms with Crippen LogP contribution in [-0.2, 0) is 11.8 Å². The second-order valence-electron chi connectivity index (χ2n) is 0.772. The monoisotopic (exact) mass is 124 g/mol. The molecule has 6 heavy (non-hydrogen) atoms. The molecule has 0 bridgehead atoms. The minimum Gasteiger partial charge on any atom is -0.273 e. The smallest absolute Gasteiger partial charge is 0.197 e. The van der Waals surface area contributed by atoms with Gasteiger partial charge in [0.05, 0.1) is 0 Å². The molecule has 0 aromatic rings. The minimum absolute atomic E-state index is 2.52. The zero-order valence-corrected chi connectivity index (χ0v) is 4.67. The average Bonchev–Trinajstić information content (AvgIpc) is 1.35. The summed E-state index contributed by atoms with van der Waals surface area (Å²) in [7, 11) is 0. The maximum absolute atomic E-state index is 6.17. The predicted octanol–water partition coefficient (Wildman–Crippen LogP) is 0.159. The average molecular weight is 124 g/mol. The zero-order valence-electron chi connectivity index (χ0n) is 2.96. The number of rotatable bonds is 1.